The van der Waals surface area contributed by atoms with Crippen LogP contribution in [0.1, 0.15) is 60.5 Å². The molecule has 0 fully saturated rings. The lowest BCUT2D eigenvalue weighted by molar-refractivity contribution is 0.0752. The highest BCUT2D eigenvalue weighted by atomic mass is 16.5. The van der Waals surface area contributed by atoms with Crippen molar-refractivity contribution in [3.05, 3.63) is 34.9 Å². The van der Waals surface area contributed by atoms with Crippen LogP contribution in [0.15, 0.2) is 18.2 Å². The van der Waals surface area contributed by atoms with Crippen LogP contribution in [0.3, 0.4) is 0 Å². The van der Waals surface area contributed by atoms with Gasteiger partial charge in [-0.3, -0.25) is 4.79 Å². The highest BCUT2D eigenvalue weighted by Gasteiger charge is 2.06. The van der Waals surface area contributed by atoms with Crippen LogP contribution in [-0.2, 0) is 4.74 Å². The zero-order valence-electron chi connectivity index (χ0n) is 12.5. The number of benzene rings is 1. The Hall–Kier alpha value is -1.15. The second kappa shape index (κ2) is 8.87. The molecule has 0 N–H and O–H groups in total. The Balaban J connectivity index is 2.22. The number of rotatable bonds is 9. The summed E-state index contributed by atoms with van der Waals surface area (Å²) in [7, 11) is 0. The van der Waals surface area contributed by atoms with Crippen molar-refractivity contribution in [1.82, 2.24) is 0 Å². The molecule has 0 saturated heterocycles. The van der Waals surface area contributed by atoms with Crippen LogP contribution in [0.25, 0.3) is 0 Å². The van der Waals surface area contributed by atoms with Gasteiger partial charge in [0.15, 0.2) is 5.78 Å². The first-order valence-corrected chi connectivity index (χ1v) is 7.33. The van der Waals surface area contributed by atoms with Gasteiger partial charge >= 0.3 is 0 Å². The van der Waals surface area contributed by atoms with Gasteiger partial charge in [0.1, 0.15) is 6.61 Å². The van der Waals surface area contributed by atoms with E-state index in [1.165, 1.54) is 31.2 Å². The molecular formula is C17H26O2. The van der Waals surface area contributed by atoms with E-state index in [0.717, 1.165) is 17.5 Å². The molecule has 2 nitrogen and oxygen atoms in total. The van der Waals surface area contributed by atoms with Crippen molar-refractivity contribution in [1.29, 1.82) is 0 Å². The Bertz CT molecular complexity index is 396. The minimum Gasteiger partial charge on any atom is -0.373 e. The highest BCUT2D eigenvalue weighted by Crippen LogP contribution is 2.10. The maximum absolute atomic E-state index is 11.9. The number of Topliss-reactive ketones (excluding diaryl/α,β-unsaturated/α-hetero) is 1. The van der Waals surface area contributed by atoms with Crippen LogP contribution in [0, 0.1) is 13.8 Å². The number of carbonyl (C=O) groups is 1. The summed E-state index contributed by atoms with van der Waals surface area (Å²) >= 11 is 0. The van der Waals surface area contributed by atoms with Gasteiger partial charge in [0.25, 0.3) is 0 Å². The van der Waals surface area contributed by atoms with E-state index in [4.69, 9.17) is 4.74 Å². The monoisotopic (exact) mass is 262 g/mol. The summed E-state index contributed by atoms with van der Waals surface area (Å²) in [5.74, 6) is 0.0802. The molecule has 19 heavy (non-hydrogen) atoms. The van der Waals surface area contributed by atoms with Crippen molar-refractivity contribution in [2.75, 3.05) is 13.2 Å². The maximum atomic E-state index is 11.9. The minimum atomic E-state index is 0.0802. The van der Waals surface area contributed by atoms with Gasteiger partial charge < -0.3 is 4.74 Å². The van der Waals surface area contributed by atoms with Crippen LogP contribution in [-0.4, -0.2) is 19.0 Å². The molecule has 0 heterocycles. The largest absolute Gasteiger partial charge is 0.373 e. The van der Waals surface area contributed by atoms with E-state index < -0.39 is 0 Å². The van der Waals surface area contributed by atoms with Gasteiger partial charge in [-0.15, -0.1) is 0 Å². The van der Waals surface area contributed by atoms with Gasteiger partial charge in [0.2, 0.25) is 0 Å². The van der Waals surface area contributed by atoms with Gasteiger partial charge in [-0.2, -0.15) is 0 Å². The topological polar surface area (TPSA) is 26.3 Å². The molecule has 0 saturated carbocycles. The molecule has 0 unspecified atom stereocenters. The number of ether oxygens (including phenoxy) is 1. The smallest absolute Gasteiger partial charge is 0.188 e. The Labute approximate surface area is 117 Å². The zero-order chi connectivity index (χ0) is 14.1. The number of unbranched alkanes of at least 4 members (excludes halogenated alkanes) is 4. The molecule has 1 rings (SSSR count). The van der Waals surface area contributed by atoms with Crippen molar-refractivity contribution in [2.45, 2.75) is 52.9 Å². The average molecular weight is 262 g/mol. The van der Waals surface area contributed by atoms with Crippen molar-refractivity contribution in [3.63, 3.8) is 0 Å². The van der Waals surface area contributed by atoms with Crippen LogP contribution in [0.4, 0.5) is 0 Å². The third kappa shape index (κ3) is 6.02. The van der Waals surface area contributed by atoms with E-state index in [9.17, 15) is 4.79 Å². The van der Waals surface area contributed by atoms with E-state index >= 15 is 0 Å². The van der Waals surface area contributed by atoms with E-state index in [2.05, 4.69) is 13.8 Å². The van der Waals surface area contributed by atoms with Gasteiger partial charge in [-0.05, 0) is 37.5 Å². The van der Waals surface area contributed by atoms with Crippen LogP contribution in [0.5, 0.6) is 0 Å². The molecular weight excluding hydrogens is 236 g/mol. The van der Waals surface area contributed by atoms with Crippen molar-refractivity contribution in [2.24, 2.45) is 0 Å². The number of hydrogen-bond donors (Lipinski definition) is 0. The Morgan fingerprint density at radius 2 is 1.79 bits per heavy atom. The minimum absolute atomic E-state index is 0.0802. The van der Waals surface area contributed by atoms with Crippen molar-refractivity contribution in [3.8, 4) is 0 Å². The molecule has 0 bridgehead atoms. The molecule has 0 atom stereocenters. The molecule has 2 heteroatoms. The summed E-state index contributed by atoms with van der Waals surface area (Å²) < 4.78 is 5.45. The van der Waals surface area contributed by atoms with Crippen molar-refractivity contribution < 1.29 is 9.53 Å². The first kappa shape index (κ1) is 15.9. The standard InChI is InChI=1S/C17H26O2/c1-4-5-6-7-8-11-19-13-17(18)16-10-9-14(2)15(3)12-16/h9-10,12H,4-8,11,13H2,1-3H3. The summed E-state index contributed by atoms with van der Waals surface area (Å²) in [6.45, 7) is 7.19. The molecule has 0 amide bonds. The Morgan fingerprint density at radius 1 is 1.05 bits per heavy atom. The molecule has 1 aromatic rings. The summed E-state index contributed by atoms with van der Waals surface area (Å²) in [6, 6.07) is 5.82. The number of ketones is 1. The lowest BCUT2D eigenvalue weighted by Crippen LogP contribution is -2.10. The van der Waals surface area contributed by atoms with Gasteiger partial charge in [0, 0.05) is 12.2 Å². The van der Waals surface area contributed by atoms with Crippen LogP contribution < -0.4 is 0 Å². The fourth-order valence-corrected chi connectivity index (χ4v) is 1.97. The van der Waals surface area contributed by atoms with E-state index in [0.29, 0.717) is 6.61 Å². The van der Waals surface area contributed by atoms with E-state index in [-0.39, 0.29) is 12.4 Å². The number of carbonyl (C=O) groups excluding carboxylic acids is 1. The van der Waals surface area contributed by atoms with E-state index in [1.54, 1.807) is 0 Å². The third-order valence-electron chi connectivity index (χ3n) is 3.45. The second-order valence-electron chi connectivity index (χ2n) is 5.19. The fraction of sp³-hybridized carbons (Fsp3) is 0.588. The number of aryl methyl sites for hydroxylation is 2. The summed E-state index contributed by atoms with van der Waals surface area (Å²) in [6.07, 6.45) is 6.07. The summed E-state index contributed by atoms with van der Waals surface area (Å²) in [5.41, 5.74) is 3.13. The molecule has 0 aliphatic rings. The number of hydrogen-bond acceptors (Lipinski definition) is 2. The van der Waals surface area contributed by atoms with Crippen LogP contribution in [0.2, 0.25) is 0 Å². The average Bonchev–Trinajstić information content (AvgIpc) is 2.40. The van der Waals surface area contributed by atoms with Gasteiger partial charge in [-0.25, -0.2) is 0 Å². The Kier molecular flexibility index (Phi) is 7.42. The molecule has 0 aliphatic carbocycles. The first-order chi connectivity index (χ1) is 9.15. The molecule has 0 spiro atoms. The second-order valence-corrected chi connectivity index (χ2v) is 5.19. The SMILES string of the molecule is CCCCCCCOCC(=O)c1ccc(C)c(C)c1. The van der Waals surface area contributed by atoms with Crippen LogP contribution >= 0.6 is 0 Å². The van der Waals surface area contributed by atoms with Gasteiger partial charge in [-0.1, -0.05) is 44.7 Å². The molecule has 106 valence electrons. The lowest BCUT2D eigenvalue weighted by atomic mass is 10.0. The van der Waals surface area contributed by atoms with Crippen molar-refractivity contribution >= 4 is 5.78 Å². The third-order valence-corrected chi connectivity index (χ3v) is 3.45. The lowest BCUT2D eigenvalue weighted by Gasteiger charge is -2.06. The summed E-state index contributed by atoms with van der Waals surface area (Å²) in [4.78, 5) is 11.9. The molecule has 0 radical (unpaired) electrons. The Morgan fingerprint density at radius 3 is 2.47 bits per heavy atom. The maximum Gasteiger partial charge on any atom is 0.188 e. The first-order valence-electron chi connectivity index (χ1n) is 7.33. The summed E-state index contributed by atoms with van der Waals surface area (Å²) in [5, 5.41) is 0. The normalized spacial score (nSPS) is 10.7. The quantitative estimate of drug-likeness (QED) is 0.484. The van der Waals surface area contributed by atoms with E-state index in [1.807, 2.05) is 25.1 Å². The predicted octanol–water partition coefficient (Wildman–Crippen LogP) is 4.47. The fourth-order valence-electron chi connectivity index (χ4n) is 1.97. The predicted molar refractivity (Wildman–Crippen MR) is 79.8 cm³/mol. The molecule has 0 aromatic heterocycles. The zero-order valence-corrected chi connectivity index (χ0v) is 12.5. The highest BCUT2D eigenvalue weighted by molar-refractivity contribution is 5.97. The molecule has 1 aromatic carbocycles. The van der Waals surface area contributed by atoms with Gasteiger partial charge in [0.05, 0.1) is 0 Å². The molecule has 0 aliphatic heterocycles.